The monoisotopic (exact) mass is 380 g/mol. The van der Waals surface area contributed by atoms with Gasteiger partial charge < -0.3 is 9.64 Å². The van der Waals surface area contributed by atoms with Gasteiger partial charge in [-0.05, 0) is 59.1 Å². The Bertz CT molecular complexity index is 939. The standard InChI is InChI=1S/C20H16N2O2S2/c21-12-14-3-5-15(6-4-14)24-13-19(23)22-9-7-17-16(8-11-26-17)20(22)18-2-1-10-25-18/h1-6,8,10-11,20H,7,9,13H2/t20-/m0/s1. The summed E-state index contributed by atoms with van der Waals surface area (Å²) >= 11 is 3.44. The second kappa shape index (κ2) is 7.32. The average Bonchev–Trinajstić information content (AvgIpc) is 3.37. The zero-order valence-corrected chi connectivity index (χ0v) is 15.6. The Labute approximate surface area is 159 Å². The van der Waals surface area contributed by atoms with Gasteiger partial charge in [-0.1, -0.05) is 6.07 Å². The van der Waals surface area contributed by atoms with Gasteiger partial charge in [0.2, 0.25) is 0 Å². The van der Waals surface area contributed by atoms with Crippen molar-refractivity contribution in [3.8, 4) is 11.8 Å². The molecule has 0 fully saturated rings. The molecule has 0 N–H and O–H groups in total. The number of nitriles is 1. The van der Waals surface area contributed by atoms with Gasteiger partial charge in [0, 0.05) is 16.3 Å². The highest BCUT2D eigenvalue weighted by atomic mass is 32.1. The highest BCUT2D eigenvalue weighted by Crippen LogP contribution is 2.39. The Hall–Kier alpha value is -2.62. The third-order valence-electron chi connectivity index (χ3n) is 4.44. The maximum atomic E-state index is 12.9. The zero-order valence-electron chi connectivity index (χ0n) is 13.9. The normalized spacial score (nSPS) is 16.0. The van der Waals surface area contributed by atoms with Crippen molar-refractivity contribution in [3.05, 3.63) is 74.1 Å². The lowest BCUT2D eigenvalue weighted by Gasteiger charge is -2.35. The van der Waals surface area contributed by atoms with Crippen LogP contribution in [-0.4, -0.2) is 24.0 Å². The van der Waals surface area contributed by atoms with E-state index in [0.717, 1.165) is 6.42 Å². The van der Waals surface area contributed by atoms with Crippen molar-refractivity contribution in [1.82, 2.24) is 4.90 Å². The SMILES string of the molecule is N#Cc1ccc(OCC(=O)N2CCc3sccc3[C@H]2c2cccs2)cc1. The van der Waals surface area contributed by atoms with E-state index < -0.39 is 0 Å². The first-order chi connectivity index (χ1) is 12.8. The average molecular weight is 380 g/mol. The molecule has 1 aliphatic rings. The van der Waals surface area contributed by atoms with E-state index in [4.69, 9.17) is 10.00 Å². The molecule has 6 heteroatoms. The molecule has 3 aromatic rings. The van der Waals surface area contributed by atoms with E-state index in [0.29, 0.717) is 17.9 Å². The molecular formula is C20H16N2O2S2. The molecule has 0 spiro atoms. The number of benzene rings is 1. The van der Waals surface area contributed by atoms with Gasteiger partial charge in [0.05, 0.1) is 17.7 Å². The van der Waals surface area contributed by atoms with Crippen molar-refractivity contribution in [2.45, 2.75) is 12.5 Å². The van der Waals surface area contributed by atoms with Crippen molar-refractivity contribution in [3.63, 3.8) is 0 Å². The smallest absolute Gasteiger partial charge is 0.261 e. The molecule has 2 aromatic heterocycles. The van der Waals surface area contributed by atoms with Crippen molar-refractivity contribution in [2.24, 2.45) is 0 Å². The molecule has 1 aromatic carbocycles. The summed E-state index contributed by atoms with van der Waals surface area (Å²) in [5, 5.41) is 13.0. The molecule has 130 valence electrons. The van der Waals surface area contributed by atoms with Gasteiger partial charge in [0.1, 0.15) is 5.75 Å². The fourth-order valence-electron chi connectivity index (χ4n) is 3.19. The van der Waals surface area contributed by atoms with Gasteiger partial charge in [0.25, 0.3) is 5.91 Å². The Morgan fingerprint density at radius 3 is 2.77 bits per heavy atom. The summed E-state index contributed by atoms with van der Waals surface area (Å²) in [5.74, 6) is 0.572. The molecule has 1 atom stereocenters. The fraction of sp³-hybridized carbons (Fsp3) is 0.200. The Morgan fingerprint density at radius 1 is 1.19 bits per heavy atom. The van der Waals surface area contributed by atoms with Crippen LogP contribution in [0.1, 0.15) is 26.9 Å². The number of fused-ring (bicyclic) bond motifs is 1. The summed E-state index contributed by atoms with van der Waals surface area (Å²) in [6.45, 7) is 0.693. The molecule has 4 rings (SSSR count). The van der Waals surface area contributed by atoms with Crippen molar-refractivity contribution >= 4 is 28.6 Å². The van der Waals surface area contributed by atoms with Crippen molar-refractivity contribution in [1.29, 1.82) is 5.26 Å². The quantitative estimate of drug-likeness (QED) is 0.680. The van der Waals surface area contributed by atoms with E-state index in [2.05, 4.69) is 23.6 Å². The number of carbonyl (C=O) groups excluding carboxylic acids is 1. The van der Waals surface area contributed by atoms with Crippen molar-refractivity contribution < 1.29 is 9.53 Å². The summed E-state index contributed by atoms with van der Waals surface area (Å²) in [6.07, 6.45) is 0.886. The number of carbonyl (C=O) groups is 1. The van der Waals surface area contributed by atoms with Crippen LogP contribution in [0.2, 0.25) is 0 Å². The van der Waals surface area contributed by atoms with E-state index in [1.54, 1.807) is 46.9 Å². The van der Waals surface area contributed by atoms with E-state index in [-0.39, 0.29) is 18.6 Å². The minimum Gasteiger partial charge on any atom is -0.484 e. The second-order valence-electron chi connectivity index (χ2n) is 5.98. The van der Waals surface area contributed by atoms with E-state index >= 15 is 0 Å². The number of amides is 1. The van der Waals surface area contributed by atoms with Crippen molar-refractivity contribution in [2.75, 3.05) is 13.2 Å². The minimum atomic E-state index is -0.0259. The largest absolute Gasteiger partial charge is 0.484 e. The molecule has 0 aliphatic carbocycles. The Balaban J connectivity index is 1.52. The minimum absolute atomic E-state index is 0.00670. The van der Waals surface area contributed by atoms with Crippen LogP contribution in [0.15, 0.2) is 53.2 Å². The number of thiophene rings is 2. The second-order valence-corrected chi connectivity index (χ2v) is 7.96. The maximum Gasteiger partial charge on any atom is 0.261 e. The third-order valence-corrected chi connectivity index (χ3v) is 6.37. The van der Waals surface area contributed by atoms with Gasteiger partial charge in [-0.2, -0.15) is 5.26 Å². The van der Waals surface area contributed by atoms with Crippen LogP contribution in [0.5, 0.6) is 5.75 Å². The molecule has 26 heavy (non-hydrogen) atoms. The first kappa shape index (κ1) is 16.8. The first-order valence-corrected chi connectivity index (χ1v) is 10.0. The predicted molar refractivity (Wildman–Crippen MR) is 103 cm³/mol. The van der Waals surface area contributed by atoms with E-state index in [1.807, 2.05) is 16.3 Å². The number of rotatable bonds is 4. The van der Waals surface area contributed by atoms with Crippen LogP contribution in [0, 0.1) is 11.3 Å². The fourth-order valence-corrected chi connectivity index (χ4v) is 4.95. The lowest BCUT2D eigenvalue weighted by molar-refractivity contribution is -0.135. The van der Waals surface area contributed by atoms with E-state index in [9.17, 15) is 4.79 Å². The van der Waals surface area contributed by atoms with Crippen LogP contribution in [0.3, 0.4) is 0 Å². The van der Waals surface area contributed by atoms with Gasteiger partial charge >= 0.3 is 0 Å². The summed E-state index contributed by atoms with van der Waals surface area (Å²) in [6, 6.07) is 15.1. The third kappa shape index (κ3) is 3.24. The molecule has 0 saturated carbocycles. The summed E-state index contributed by atoms with van der Waals surface area (Å²) < 4.78 is 5.66. The Kier molecular flexibility index (Phi) is 4.74. The van der Waals surface area contributed by atoms with Crippen LogP contribution in [0.25, 0.3) is 0 Å². The lowest BCUT2D eigenvalue weighted by Crippen LogP contribution is -2.42. The summed E-state index contributed by atoms with van der Waals surface area (Å²) in [7, 11) is 0. The highest BCUT2D eigenvalue weighted by Gasteiger charge is 2.33. The van der Waals surface area contributed by atoms with Crippen LogP contribution < -0.4 is 4.74 Å². The molecule has 4 nitrogen and oxygen atoms in total. The van der Waals surface area contributed by atoms with Gasteiger partial charge in [-0.25, -0.2) is 0 Å². The molecule has 3 heterocycles. The number of hydrogen-bond donors (Lipinski definition) is 0. The van der Waals surface area contributed by atoms with Crippen LogP contribution in [-0.2, 0) is 11.2 Å². The van der Waals surface area contributed by atoms with Gasteiger partial charge in [-0.15, -0.1) is 22.7 Å². The zero-order chi connectivity index (χ0) is 17.9. The molecular weight excluding hydrogens is 364 g/mol. The molecule has 0 radical (unpaired) electrons. The molecule has 1 amide bonds. The molecule has 0 saturated heterocycles. The number of nitrogens with zero attached hydrogens (tertiary/aromatic N) is 2. The summed E-state index contributed by atoms with van der Waals surface area (Å²) in [4.78, 5) is 17.3. The predicted octanol–water partition coefficient (Wildman–Crippen LogP) is 4.23. The van der Waals surface area contributed by atoms with E-state index in [1.165, 1.54) is 15.3 Å². The summed E-state index contributed by atoms with van der Waals surface area (Å²) in [5.41, 5.74) is 1.80. The number of ether oxygens (including phenoxy) is 1. The highest BCUT2D eigenvalue weighted by molar-refractivity contribution is 7.10. The number of hydrogen-bond acceptors (Lipinski definition) is 5. The maximum absolute atomic E-state index is 12.9. The molecule has 0 unspecified atom stereocenters. The molecule has 0 bridgehead atoms. The Morgan fingerprint density at radius 2 is 2.04 bits per heavy atom. The first-order valence-electron chi connectivity index (χ1n) is 8.28. The topological polar surface area (TPSA) is 53.3 Å². The van der Waals surface area contributed by atoms with Crippen LogP contribution in [0.4, 0.5) is 0 Å². The van der Waals surface area contributed by atoms with Gasteiger partial charge in [-0.3, -0.25) is 4.79 Å². The van der Waals surface area contributed by atoms with Crippen LogP contribution >= 0.6 is 22.7 Å². The van der Waals surface area contributed by atoms with Gasteiger partial charge in [0.15, 0.2) is 6.61 Å². The lowest BCUT2D eigenvalue weighted by atomic mass is 9.98. The molecule has 1 aliphatic heterocycles.